The van der Waals surface area contributed by atoms with Crippen molar-refractivity contribution in [3.8, 4) is 0 Å². The first-order valence-corrected chi connectivity index (χ1v) is 7.96. The van der Waals surface area contributed by atoms with Gasteiger partial charge in [-0.3, -0.25) is 4.79 Å². The van der Waals surface area contributed by atoms with Gasteiger partial charge in [0.05, 0.1) is 18.8 Å². The van der Waals surface area contributed by atoms with Crippen LogP contribution in [-0.4, -0.2) is 23.7 Å². The lowest BCUT2D eigenvalue weighted by molar-refractivity contribution is -0.120. The zero-order valence-corrected chi connectivity index (χ0v) is 13.2. The molecule has 0 spiro atoms. The predicted octanol–water partition coefficient (Wildman–Crippen LogP) is 2.87. The lowest BCUT2D eigenvalue weighted by Crippen LogP contribution is -2.33. The van der Waals surface area contributed by atoms with Crippen molar-refractivity contribution in [3.05, 3.63) is 35.1 Å². The van der Waals surface area contributed by atoms with Crippen molar-refractivity contribution in [2.45, 2.75) is 45.6 Å². The minimum atomic E-state index is -0.263. The fourth-order valence-corrected chi connectivity index (χ4v) is 3.21. The summed E-state index contributed by atoms with van der Waals surface area (Å²) >= 11 is 0. The van der Waals surface area contributed by atoms with E-state index in [-0.39, 0.29) is 17.9 Å². The van der Waals surface area contributed by atoms with Crippen molar-refractivity contribution in [1.82, 2.24) is 5.32 Å². The number of carbonyl (C=O) groups is 1. The molecule has 1 aromatic carbocycles. The van der Waals surface area contributed by atoms with Gasteiger partial charge in [0.1, 0.15) is 5.58 Å². The molecule has 0 aliphatic heterocycles. The summed E-state index contributed by atoms with van der Waals surface area (Å²) in [5.41, 5.74) is 4.14. The number of hydrogen-bond donors (Lipinski definition) is 2. The van der Waals surface area contributed by atoms with Crippen LogP contribution in [0.15, 0.2) is 22.8 Å². The Labute approximate surface area is 130 Å². The number of furan rings is 1. The van der Waals surface area contributed by atoms with E-state index < -0.39 is 0 Å². The Hall–Kier alpha value is -1.81. The second-order valence-electron chi connectivity index (χ2n) is 6.43. The number of amides is 1. The molecule has 1 heterocycles. The molecule has 4 heteroatoms. The molecule has 3 rings (SSSR count). The molecule has 1 aliphatic carbocycles. The summed E-state index contributed by atoms with van der Waals surface area (Å²) in [6.45, 7) is 4.68. The zero-order chi connectivity index (χ0) is 15.7. The van der Waals surface area contributed by atoms with Gasteiger partial charge in [-0.05, 0) is 49.9 Å². The fraction of sp³-hybridized carbons (Fsp3) is 0.500. The standard InChI is InChI=1S/C18H23NO3/c1-11-6-15-14(10-22-17(15)7-12(11)2)8-18(21)19-9-13-4-3-5-16(13)20/h6-7,10,13,16,20H,3-5,8-9H2,1-2H3,(H,19,21). The highest BCUT2D eigenvalue weighted by atomic mass is 16.3. The van der Waals surface area contributed by atoms with Gasteiger partial charge < -0.3 is 14.8 Å². The second kappa shape index (κ2) is 6.13. The van der Waals surface area contributed by atoms with E-state index in [9.17, 15) is 9.90 Å². The lowest BCUT2D eigenvalue weighted by Gasteiger charge is -2.14. The van der Waals surface area contributed by atoms with E-state index >= 15 is 0 Å². The monoisotopic (exact) mass is 301 g/mol. The summed E-state index contributed by atoms with van der Waals surface area (Å²) in [6.07, 6.45) is 4.62. The van der Waals surface area contributed by atoms with E-state index in [2.05, 4.69) is 25.2 Å². The molecule has 1 aromatic heterocycles. The fourth-order valence-electron chi connectivity index (χ4n) is 3.21. The number of fused-ring (bicyclic) bond motifs is 1. The smallest absolute Gasteiger partial charge is 0.224 e. The van der Waals surface area contributed by atoms with Gasteiger partial charge >= 0.3 is 0 Å². The van der Waals surface area contributed by atoms with E-state index in [4.69, 9.17) is 4.42 Å². The summed E-state index contributed by atoms with van der Waals surface area (Å²) in [6, 6.07) is 4.10. The number of benzene rings is 1. The first-order chi connectivity index (χ1) is 10.5. The van der Waals surface area contributed by atoms with Crippen molar-refractivity contribution in [2.24, 2.45) is 5.92 Å². The van der Waals surface area contributed by atoms with E-state index in [1.807, 2.05) is 6.07 Å². The number of aliphatic hydroxyl groups excluding tert-OH is 1. The molecule has 118 valence electrons. The molecule has 2 N–H and O–H groups in total. The van der Waals surface area contributed by atoms with Crippen LogP contribution in [0.5, 0.6) is 0 Å². The molecule has 1 saturated carbocycles. The van der Waals surface area contributed by atoms with Gasteiger partial charge in [-0.1, -0.05) is 6.42 Å². The Kier molecular flexibility index (Phi) is 4.21. The first-order valence-electron chi connectivity index (χ1n) is 7.96. The van der Waals surface area contributed by atoms with Gasteiger partial charge in [0.25, 0.3) is 0 Å². The van der Waals surface area contributed by atoms with Crippen LogP contribution in [0.2, 0.25) is 0 Å². The highest BCUT2D eigenvalue weighted by molar-refractivity contribution is 5.88. The maximum Gasteiger partial charge on any atom is 0.224 e. The summed E-state index contributed by atoms with van der Waals surface area (Å²) in [7, 11) is 0. The average molecular weight is 301 g/mol. The van der Waals surface area contributed by atoms with Crippen molar-refractivity contribution in [3.63, 3.8) is 0 Å². The van der Waals surface area contributed by atoms with Gasteiger partial charge in [-0.25, -0.2) is 0 Å². The summed E-state index contributed by atoms with van der Waals surface area (Å²) in [5, 5.41) is 13.7. The molecule has 4 nitrogen and oxygen atoms in total. The molecule has 1 amide bonds. The molecule has 0 saturated heterocycles. The topological polar surface area (TPSA) is 62.5 Å². The molecular formula is C18H23NO3. The Bertz CT molecular complexity index is 689. The number of nitrogens with one attached hydrogen (secondary N) is 1. The van der Waals surface area contributed by atoms with Crippen LogP contribution in [0.3, 0.4) is 0 Å². The minimum absolute atomic E-state index is 0.0139. The SMILES string of the molecule is Cc1cc2occ(CC(=O)NCC3CCCC3O)c2cc1C. The number of carbonyl (C=O) groups excluding carboxylic acids is 1. The third-order valence-corrected chi connectivity index (χ3v) is 4.80. The average Bonchev–Trinajstić information content (AvgIpc) is 3.05. The molecule has 1 fully saturated rings. The summed E-state index contributed by atoms with van der Waals surface area (Å²) in [4.78, 5) is 12.1. The lowest BCUT2D eigenvalue weighted by atomic mass is 10.0. The highest BCUT2D eigenvalue weighted by Crippen LogP contribution is 2.26. The molecule has 2 aromatic rings. The van der Waals surface area contributed by atoms with Gasteiger partial charge in [-0.15, -0.1) is 0 Å². The van der Waals surface area contributed by atoms with E-state index in [0.29, 0.717) is 13.0 Å². The molecule has 0 bridgehead atoms. The largest absolute Gasteiger partial charge is 0.464 e. The van der Waals surface area contributed by atoms with Crippen LogP contribution in [0.4, 0.5) is 0 Å². The Balaban J connectivity index is 1.65. The Morgan fingerprint density at radius 2 is 2.09 bits per heavy atom. The van der Waals surface area contributed by atoms with Crippen molar-refractivity contribution >= 4 is 16.9 Å². The zero-order valence-electron chi connectivity index (χ0n) is 13.2. The van der Waals surface area contributed by atoms with Crippen molar-refractivity contribution < 1.29 is 14.3 Å². The number of hydrogen-bond acceptors (Lipinski definition) is 3. The molecule has 22 heavy (non-hydrogen) atoms. The summed E-state index contributed by atoms with van der Waals surface area (Å²) < 4.78 is 5.56. The van der Waals surface area contributed by atoms with Crippen LogP contribution in [-0.2, 0) is 11.2 Å². The van der Waals surface area contributed by atoms with Gasteiger partial charge in [0.15, 0.2) is 0 Å². The highest BCUT2D eigenvalue weighted by Gasteiger charge is 2.25. The molecule has 1 aliphatic rings. The third kappa shape index (κ3) is 3.02. The van der Waals surface area contributed by atoms with Crippen LogP contribution in [0.1, 0.15) is 36.0 Å². The number of rotatable bonds is 4. The van der Waals surface area contributed by atoms with E-state index in [1.54, 1.807) is 6.26 Å². The predicted molar refractivity (Wildman–Crippen MR) is 85.7 cm³/mol. The van der Waals surface area contributed by atoms with E-state index in [0.717, 1.165) is 35.8 Å². The normalized spacial score (nSPS) is 21.4. The van der Waals surface area contributed by atoms with Crippen LogP contribution in [0.25, 0.3) is 11.0 Å². The van der Waals surface area contributed by atoms with Crippen molar-refractivity contribution in [2.75, 3.05) is 6.54 Å². The third-order valence-electron chi connectivity index (χ3n) is 4.80. The summed E-state index contributed by atoms with van der Waals surface area (Å²) in [5.74, 6) is 0.190. The van der Waals surface area contributed by atoms with Crippen LogP contribution >= 0.6 is 0 Å². The maximum atomic E-state index is 12.1. The van der Waals surface area contributed by atoms with E-state index in [1.165, 1.54) is 11.1 Å². The first kappa shape index (κ1) is 15.1. The van der Waals surface area contributed by atoms with Crippen LogP contribution in [0, 0.1) is 19.8 Å². The van der Waals surface area contributed by atoms with Gasteiger partial charge in [0, 0.05) is 23.4 Å². The minimum Gasteiger partial charge on any atom is -0.464 e. The number of aryl methyl sites for hydroxylation is 2. The van der Waals surface area contributed by atoms with Crippen molar-refractivity contribution in [1.29, 1.82) is 0 Å². The maximum absolute atomic E-state index is 12.1. The molecule has 0 radical (unpaired) electrons. The Morgan fingerprint density at radius 1 is 1.32 bits per heavy atom. The Morgan fingerprint density at radius 3 is 2.82 bits per heavy atom. The molecule has 2 atom stereocenters. The molecular weight excluding hydrogens is 278 g/mol. The molecule has 2 unspecified atom stereocenters. The quantitative estimate of drug-likeness (QED) is 0.913. The van der Waals surface area contributed by atoms with Gasteiger partial charge in [-0.2, -0.15) is 0 Å². The number of aliphatic hydroxyl groups is 1. The van der Waals surface area contributed by atoms with Crippen LogP contribution < -0.4 is 5.32 Å². The van der Waals surface area contributed by atoms with Gasteiger partial charge in [0.2, 0.25) is 5.91 Å². The second-order valence-corrected chi connectivity index (χ2v) is 6.43.